The van der Waals surface area contributed by atoms with Gasteiger partial charge in [-0.25, -0.2) is 0 Å². The van der Waals surface area contributed by atoms with Crippen LogP contribution >= 0.6 is 35.1 Å². The molecule has 0 saturated carbocycles. The van der Waals surface area contributed by atoms with Gasteiger partial charge in [0.25, 0.3) is 0 Å². The van der Waals surface area contributed by atoms with Crippen molar-refractivity contribution in [3.8, 4) is 0 Å². The molecule has 2 nitrogen and oxygen atoms in total. The van der Waals surface area contributed by atoms with E-state index >= 15 is 0 Å². The lowest BCUT2D eigenvalue weighted by Gasteiger charge is -2.10. The van der Waals surface area contributed by atoms with Gasteiger partial charge in [-0.15, -0.1) is 0 Å². The standard InChI is InChI=1S/C5H8Cl2FNOS/c1-3(2)4(10)9-11-5(6,7)8/h3H,1-2H3,(H,9,10). The van der Waals surface area contributed by atoms with Crippen LogP contribution < -0.4 is 4.72 Å². The molecule has 11 heavy (non-hydrogen) atoms. The van der Waals surface area contributed by atoms with E-state index in [1.807, 2.05) is 0 Å². The Kier molecular flexibility index (Phi) is 4.51. The largest absolute Gasteiger partial charge is 0.323 e. The van der Waals surface area contributed by atoms with Crippen LogP contribution in [0.4, 0.5) is 4.39 Å². The van der Waals surface area contributed by atoms with E-state index in [-0.39, 0.29) is 11.8 Å². The quantitative estimate of drug-likeness (QED) is 0.584. The topological polar surface area (TPSA) is 29.1 Å². The molecule has 0 aliphatic carbocycles. The first kappa shape index (κ1) is 11.3. The Labute approximate surface area is 78.9 Å². The van der Waals surface area contributed by atoms with Crippen molar-refractivity contribution in [3.05, 3.63) is 0 Å². The maximum atomic E-state index is 12.3. The lowest BCUT2D eigenvalue weighted by atomic mass is 10.2. The van der Waals surface area contributed by atoms with Gasteiger partial charge >= 0.3 is 3.92 Å². The molecule has 0 aromatic rings. The molecule has 0 atom stereocenters. The van der Waals surface area contributed by atoms with E-state index in [2.05, 4.69) is 4.72 Å². The van der Waals surface area contributed by atoms with Crippen molar-refractivity contribution in [2.45, 2.75) is 17.8 Å². The Hall–Kier alpha value is 0.330. The fraction of sp³-hybridized carbons (Fsp3) is 0.800. The lowest BCUT2D eigenvalue weighted by Crippen LogP contribution is -2.24. The summed E-state index contributed by atoms with van der Waals surface area (Å²) in [6.45, 7) is 3.36. The maximum Gasteiger partial charge on any atom is 0.323 e. The van der Waals surface area contributed by atoms with Crippen molar-refractivity contribution >= 4 is 41.1 Å². The average Bonchev–Trinajstić information content (AvgIpc) is 1.80. The number of hydrogen-bond acceptors (Lipinski definition) is 2. The summed E-state index contributed by atoms with van der Waals surface area (Å²) < 4.78 is 12.0. The van der Waals surface area contributed by atoms with Crippen molar-refractivity contribution in [1.82, 2.24) is 4.72 Å². The summed E-state index contributed by atoms with van der Waals surface area (Å²) in [7, 11) is 0. The zero-order valence-electron chi connectivity index (χ0n) is 6.03. The summed E-state index contributed by atoms with van der Waals surface area (Å²) in [5.41, 5.74) is 0. The van der Waals surface area contributed by atoms with Crippen molar-refractivity contribution in [1.29, 1.82) is 0 Å². The van der Waals surface area contributed by atoms with E-state index < -0.39 is 3.92 Å². The first-order chi connectivity index (χ1) is 4.83. The van der Waals surface area contributed by atoms with Gasteiger partial charge in [-0.2, -0.15) is 4.39 Å². The number of carbonyl (C=O) groups is 1. The molecule has 1 amide bonds. The smallest absolute Gasteiger partial charge is 0.295 e. The summed E-state index contributed by atoms with van der Waals surface area (Å²) >= 11 is 10.2. The molecule has 0 aliphatic rings. The van der Waals surface area contributed by atoms with Crippen LogP contribution in [0.25, 0.3) is 0 Å². The Morgan fingerprint density at radius 3 is 2.36 bits per heavy atom. The van der Waals surface area contributed by atoms with Gasteiger partial charge in [0.15, 0.2) is 0 Å². The van der Waals surface area contributed by atoms with E-state index in [1.165, 1.54) is 0 Å². The number of alkyl halides is 3. The highest BCUT2D eigenvalue weighted by Crippen LogP contribution is 2.33. The van der Waals surface area contributed by atoms with Crippen molar-refractivity contribution in [2.75, 3.05) is 0 Å². The van der Waals surface area contributed by atoms with E-state index in [1.54, 1.807) is 13.8 Å². The van der Waals surface area contributed by atoms with Crippen LogP contribution in [0.5, 0.6) is 0 Å². The molecule has 0 radical (unpaired) electrons. The van der Waals surface area contributed by atoms with Crippen LogP contribution in [0, 0.1) is 5.92 Å². The van der Waals surface area contributed by atoms with Gasteiger partial charge in [0.05, 0.1) is 0 Å². The van der Waals surface area contributed by atoms with Gasteiger partial charge in [0.1, 0.15) is 0 Å². The minimum atomic E-state index is -2.45. The second-order valence-electron chi connectivity index (χ2n) is 2.17. The van der Waals surface area contributed by atoms with Gasteiger partial charge in [-0.05, 0) is 0 Å². The highest BCUT2D eigenvalue weighted by molar-refractivity contribution is 8.01. The van der Waals surface area contributed by atoms with Crippen molar-refractivity contribution < 1.29 is 9.18 Å². The molecule has 0 bridgehead atoms. The third-order valence-corrected chi connectivity index (χ3v) is 1.79. The third-order valence-electron chi connectivity index (χ3n) is 0.792. The Morgan fingerprint density at radius 1 is 1.64 bits per heavy atom. The van der Waals surface area contributed by atoms with Gasteiger partial charge in [-0.3, -0.25) is 9.52 Å². The fourth-order valence-corrected chi connectivity index (χ4v) is 0.909. The van der Waals surface area contributed by atoms with E-state index in [4.69, 9.17) is 23.2 Å². The van der Waals surface area contributed by atoms with Crippen molar-refractivity contribution in [2.24, 2.45) is 5.92 Å². The zero-order chi connectivity index (χ0) is 9.07. The minimum Gasteiger partial charge on any atom is -0.295 e. The van der Waals surface area contributed by atoms with Crippen LogP contribution in [0.15, 0.2) is 0 Å². The number of rotatable bonds is 3. The van der Waals surface area contributed by atoms with E-state index in [0.29, 0.717) is 11.9 Å². The van der Waals surface area contributed by atoms with E-state index in [0.717, 1.165) is 0 Å². The summed E-state index contributed by atoms with van der Waals surface area (Å²) in [5, 5.41) is 0. The average molecular weight is 220 g/mol. The maximum absolute atomic E-state index is 12.3. The first-order valence-electron chi connectivity index (χ1n) is 2.87. The second kappa shape index (κ2) is 4.38. The molecule has 1 N–H and O–H groups in total. The van der Waals surface area contributed by atoms with E-state index in [9.17, 15) is 9.18 Å². The summed E-state index contributed by atoms with van der Waals surface area (Å²) in [6, 6.07) is 0. The molecule has 6 heteroatoms. The molecule has 0 heterocycles. The van der Waals surface area contributed by atoms with Crippen LogP contribution in [0.1, 0.15) is 13.8 Å². The Morgan fingerprint density at radius 2 is 2.09 bits per heavy atom. The third kappa shape index (κ3) is 6.72. The van der Waals surface area contributed by atoms with Crippen LogP contribution in [0.3, 0.4) is 0 Å². The predicted molar refractivity (Wildman–Crippen MR) is 46.1 cm³/mol. The Bertz CT molecular complexity index is 148. The molecule has 0 aromatic carbocycles. The molecule has 0 spiro atoms. The molecule has 0 unspecified atom stereocenters. The molecular formula is C5H8Cl2FNOS. The SMILES string of the molecule is CC(C)C(=O)NSC(F)(Cl)Cl. The lowest BCUT2D eigenvalue weighted by molar-refractivity contribution is -0.122. The monoisotopic (exact) mass is 219 g/mol. The molecule has 0 saturated heterocycles. The first-order valence-corrected chi connectivity index (χ1v) is 4.45. The molecule has 0 fully saturated rings. The van der Waals surface area contributed by atoms with Gasteiger partial charge in [0.2, 0.25) is 5.91 Å². The van der Waals surface area contributed by atoms with Crippen LogP contribution in [-0.2, 0) is 4.79 Å². The minimum absolute atomic E-state index is 0.210. The molecule has 0 aromatic heterocycles. The Balaban J connectivity index is 3.64. The van der Waals surface area contributed by atoms with Gasteiger partial charge < -0.3 is 0 Å². The highest BCUT2D eigenvalue weighted by atomic mass is 35.5. The summed E-state index contributed by atoms with van der Waals surface area (Å²) in [4.78, 5) is 10.8. The summed E-state index contributed by atoms with van der Waals surface area (Å²) in [5.74, 6) is -0.517. The van der Waals surface area contributed by atoms with Crippen LogP contribution in [-0.4, -0.2) is 9.83 Å². The number of carbonyl (C=O) groups excluding carboxylic acids is 1. The second-order valence-corrected chi connectivity index (χ2v) is 4.82. The van der Waals surface area contributed by atoms with Gasteiger partial charge in [-0.1, -0.05) is 37.0 Å². The predicted octanol–water partition coefficient (Wildman–Crippen LogP) is 2.47. The number of amides is 1. The zero-order valence-corrected chi connectivity index (χ0v) is 8.36. The number of halogens is 3. The molecule has 0 aliphatic heterocycles. The normalized spacial score (nSPS) is 11.8. The van der Waals surface area contributed by atoms with Crippen LogP contribution in [0.2, 0.25) is 0 Å². The molecular weight excluding hydrogens is 212 g/mol. The summed E-state index contributed by atoms with van der Waals surface area (Å²) in [6.07, 6.45) is 0. The number of nitrogens with one attached hydrogen (secondary N) is 1. The molecule has 0 rings (SSSR count). The highest BCUT2D eigenvalue weighted by Gasteiger charge is 2.24. The number of hydrogen-bond donors (Lipinski definition) is 1. The fourth-order valence-electron chi connectivity index (χ4n) is 0.226. The van der Waals surface area contributed by atoms with Crippen molar-refractivity contribution in [3.63, 3.8) is 0 Å². The van der Waals surface area contributed by atoms with Gasteiger partial charge in [0, 0.05) is 17.9 Å². The molecule has 66 valence electrons.